The number of nitro groups is 1. The fourth-order valence-corrected chi connectivity index (χ4v) is 2.51. The van der Waals surface area contributed by atoms with Crippen molar-refractivity contribution >= 4 is 25.6 Å². The lowest BCUT2D eigenvalue weighted by atomic mass is 10.2. The van der Waals surface area contributed by atoms with E-state index in [0.29, 0.717) is 6.42 Å². The molecule has 0 fully saturated rings. The van der Waals surface area contributed by atoms with Crippen LogP contribution in [-0.4, -0.2) is 28.1 Å². The summed E-state index contributed by atoms with van der Waals surface area (Å²) in [5.74, 6) is -0.769. The molecular formula is C10H9ClN4O4S. The van der Waals surface area contributed by atoms with Gasteiger partial charge in [-0.25, -0.2) is 8.42 Å². The van der Waals surface area contributed by atoms with E-state index in [1.165, 1.54) is 4.68 Å². The fraction of sp³-hybridized carbons (Fsp3) is 0.200. The molecule has 2 aromatic heterocycles. The smallest absolute Gasteiger partial charge is 0.358 e. The Balaban J connectivity index is 2.24. The lowest BCUT2D eigenvalue weighted by Gasteiger charge is -1.97. The Morgan fingerprint density at radius 1 is 1.35 bits per heavy atom. The monoisotopic (exact) mass is 316 g/mol. The zero-order chi connectivity index (χ0) is 14.8. The summed E-state index contributed by atoms with van der Waals surface area (Å²) >= 11 is 0. The molecule has 0 radical (unpaired) electrons. The van der Waals surface area contributed by atoms with Gasteiger partial charge in [-0.3, -0.25) is 4.98 Å². The van der Waals surface area contributed by atoms with Crippen LogP contribution in [0.2, 0.25) is 0 Å². The van der Waals surface area contributed by atoms with Crippen molar-refractivity contribution in [1.29, 1.82) is 0 Å². The molecular weight excluding hydrogens is 308 g/mol. The summed E-state index contributed by atoms with van der Waals surface area (Å²) in [7, 11) is 0.941. The number of rotatable bonds is 5. The number of hydrogen-bond acceptors (Lipinski definition) is 6. The van der Waals surface area contributed by atoms with Crippen LogP contribution in [0.3, 0.4) is 0 Å². The largest absolute Gasteiger partial charge is 0.410 e. The quantitative estimate of drug-likeness (QED) is 0.468. The number of hydrogen-bond donors (Lipinski definition) is 0. The number of nitrogens with zero attached hydrogens (tertiary/aromatic N) is 4. The van der Waals surface area contributed by atoms with Gasteiger partial charge in [0.05, 0.1) is 17.8 Å². The Kier molecular flexibility index (Phi) is 4.00. The third kappa shape index (κ3) is 3.31. The van der Waals surface area contributed by atoms with E-state index in [4.69, 9.17) is 10.7 Å². The standard InChI is InChI=1S/C10H9ClN4O4S/c11-20(18,19)9-7-14(13-10(9)15(16)17)6-3-8-1-4-12-5-2-8/h1-2,4-5,7H,3,6H2. The second-order valence-corrected chi connectivity index (χ2v) is 6.41. The van der Waals surface area contributed by atoms with Crippen molar-refractivity contribution in [2.75, 3.05) is 0 Å². The Hall–Kier alpha value is -2.00. The molecule has 0 amide bonds. The summed E-state index contributed by atoms with van der Waals surface area (Å²) in [5.41, 5.74) is 0.952. The number of aromatic nitrogens is 3. The third-order valence-electron chi connectivity index (χ3n) is 2.52. The highest BCUT2D eigenvalue weighted by Crippen LogP contribution is 2.25. The van der Waals surface area contributed by atoms with Gasteiger partial charge in [-0.05, 0) is 29.0 Å². The van der Waals surface area contributed by atoms with E-state index in [2.05, 4.69) is 10.1 Å². The van der Waals surface area contributed by atoms with Gasteiger partial charge in [0.25, 0.3) is 9.05 Å². The molecule has 0 N–H and O–H groups in total. The Labute approximate surface area is 118 Å². The van der Waals surface area contributed by atoms with Gasteiger partial charge in [0.15, 0.2) is 0 Å². The minimum Gasteiger partial charge on any atom is -0.358 e. The summed E-state index contributed by atoms with van der Waals surface area (Å²) in [4.78, 5) is 13.1. The normalized spacial score (nSPS) is 11.4. The minimum absolute atomic E-state index is 0.289. The molecule has 0 saturated carbocycles. The van der Waals surface area contributed by atoms with Crippen LogP contribution in [0.15, 0.2) is 35.6 Å². The molecule has 2 rings (SSSR count). The fourth-order valence-electron chi connectivity index (χ4n) is 1.60. The lowest BCUT2D eigenvalue weighted by Crippen LogP contribution is -2.02. The summed E-state index contributed by atoms with van der Waals surface area (Å²) in [6, 6.07) is 3.58. The highest BCUT2D eigenvalue weighted by Gasteiger charge is 2.29. The van der Waals surface area contributed by atoms with Crippen LogP contribution in [0.4, 0.5) is 5.82 Å². The van der Waals surface area contributed by atoms with E-state index in [0.717, 1.165) is 11.8 Å². The summed E-state index contributed by atoms with van der Waals surface area (Å²) in [5, 5.41) is 14.4. The molecule has 2 aromatic rings. The minimum atomic E-state index is -4.20. The van der Waals surface area contributed by atoms with Crippen molar-refractivity contribution in [2.45, 2.75) is 17.9 Å². The average molecular weight is 317 g/mol. The van der Waals surface area contributed by atoms with E-state index < -0.39 is 24.7 Å². The maximum Gasteiger partial charge on any atom is 0.410 e. The number of pyridine rings is 1. The van der Waals surface area contributed by atoms with Crippen LogP contribution in [0.25, 0.3) is 0 Å². The topological polar surface area (TPSA) is 108 Å². The van der Waals surface area contributed by atoms with Gasteiger partial charge in [-0.2, -0.15) is 4.68 Å². The molecule has 0 aliphatic rings. The molecule has 0 bridgehead atoms. The zero-order valence-corrected chi connectivity index (χ0v) is 11.6. The van der Waals surface area contributed by atoms with Gasteiger partial charge in [0, 0.05) is 23.1 Å². The number of aryl methyl sites for hydroxylation is 2. The molecule has 8 nitrogen and oxygen atoms in total. The van der Waals surface area contributed by atoms with Crippen molar-refractivity contribution in [1.82, 2.24) is 14.8 Å². The molecule has 0 aliphatic carbocycles. The van der Waals surface area contributed by atoms with Crippen LogP contribution in [0, 0.1) is 10.1 Å². The van der Waals surface area contributed by atoms with E-state index in [-0.39, 0.29) is 6.54 Å². The molecule has 2 heterocycles. The molecule has 106 valence electrons. The van der Waals surface area contributed by atoms with Gasteiger partial charge in [0.2, 0.25) is 4.90 Å². The van der Waals surface area contributed by atoms with E-state index in [9.17, 15) is 18.5 Å². The summed E-state index contributed by atoms with van der Waals surface area (Å²) < 4.78 is 23.7. The van der Waals surface area contributed by atoms with Gasteiger partial charge in [0.1, 0.15) is 0 Å². The van der Waals surface area contributed by atoms with Gasteiger partial charge in [-0.1, -0.05) is 0 Å². The second kappa shape index (κ2) is 5.55. The Bertz CT molecular complexity index is 729. The van der Waals surface area contributed by atoms with E-state index >= 15 is 0 Å². The van der Waals surface area contributed by atoms with Crippen LogP contribution in [-0.2, 0) is 22.0 Å². The van der Waals surface area contributed by atoms with Crippen LogP contribution in [0.1, 0.15) is 5.56 Å². The van der Waals surface area contributed by atoms with Gasteiger partial charge in [-0.15, -0.1) is 0 Å². The van der Waals surface area contributed by atoms with Crippen molar-refractivity contribution < 1.29 is 13.3 Å². The van der Waals surface area contributed by atoms with Gasteiger partial charge < -0.3 is 10.1 Å². The van der Waals surface area contributed by atoms with Crippen molar-refractivity contribution in [3.05, 3.63) is 46.4 Å². The maximum absolute atomic E-state index is 11.2. The Morgan fingerprint density at radius 2 is 2.00 bits per heavy atom. The molecule has 0 saturated heterocycles. The first kappa shape index (κ1) is 14.4. The first-order chi connectivity index (χ1) is 9.38. The highest BCUT2D eigenvalue weighted by molar-refractivity contribution is 8.13. The van der Waals surface area contributed by atoms with E-state index in [1.54, 1.807) is 24.5 Å². The van der Waals surface area contributed by atoms with Gasteiger partial charge >= 0.3 is 5.82 Å². The molecule has 0 unspecified atom stereocenters. The predicted octanol–water partition coefficient (Wildman–Crippen LogP) is 1.36. The van der Waals surface area contributed by atoms with E-state index in [1.807, 2.05) is 0 Å². The third-order valence-corrected chi connectivity index (χ3v) is 3.84. The van der Waals surface area contributed by atoms with Crippen LogP contribution < -0.4 is 0 Å². The summed E-state index contributed by atoms with van der Waals surface area (Å²) in [6.07, 6.45) is 4.83. The first-order valence-corrected chi connectivity index (χ1v) is 7.74. The maximum atomic E-state index is 11.2. The second-order valence-electron chi connectivity index (χ2n) is 3.88. The first-order valence-electron chi connectivity index (χ1n) is 5.43. The molecule has 20 heavy (non-hydrogen) atoms. The molecule has 0 atom stereocenters. The van der Waals surface area contributed by atoms with Crippen molar-refractivity contribution in [3.63, 3.8) is 0 Å². The average Bonchev–Trinajstić information content (AvgIpc) is 2.82. The predicted molar refractivity (Wildman–Crippen MR) is 69.9 cm³/mol. The molecule has 0 aliphatic heterocycles. The Morgan fingerprint density at radius 3 is 2.50 bits per heavy atom. The molecule has 0 aromatic carbocycles. The SMILES string of the molecule is O=[N+]([O-])c1nn(CCc2ccncc2)cc1S(=O)(=O)Cl. The number of halogens is 1. The van der Waals surface area contributed by atoms with Crippen molar-refractivity contribution in [2.24, 2.45) is 0 Å². The zero-order valence-electron chi connectivity index (χ0n) is 10.0. The molecule has 0 spiro atoms. The lowest BCUT2D eigenvalue weighted by molar-refractivity contribution is -0.392. The summed E-state index contributed by atoms with van der Waals surface area (Å²) in [6.45, 7) is 0.289. The van der Waals surface area contributed by atoms with Crippen LogP contribution >= 0.6 is 10.7 Å². The molecule has 10 heteroatoms. The highest BCUT2D eigenvalue weighted by atomic mass is 35.7. The van der Waals surface area contributed by atoms with Crippen LogP contribution in [0.5, 0.6) is 0 Å². The van der Waals surface area contributed by atoms with Crippen molar-refractivity contribution in [3.8, 4) is 0 Å².